The highest BCUT2D eigenvalue weighted by Crippen LogP contribution is 2.18. The van der Waals surface area contributed by atoms with Gasteiger partial charge in [-0.1, -0.05) is 24.3 Å². The number of rotatable bonds is 2. The summed E-state index contributed by atoms with van der Waals surface area (Å²) in [5.74, 6) is -0.750. The van der Waals surface area contributed by atoms with Crippen molar-refractivity contribution in [3.63, 3.8) is 0 Å². The smallest absolute Gasteiger partial charge is 0.224 e. The van der Waals surface area contributed by atoms with Crippen molar-refractivity contribution in [1.82, 2.24) is 0 Å². The van der Waals surface area contributed by atoms with E-state index in [-0.39, 0.29) is 12.2 Å². The number of primary amides is 1. The maximum atomic E-state index is 9.95. The van der Waals surface area contributed by atoms with E-state index in [1.165, 1.54) is 24.5 Å². The monoisotopic (exact) mass is 191 g/mol. The fourth-order valence-electron chi connectivity index (χ4n) is 1.20. The minimum atomic E-state index is -0.562. The van der Waals surface area contributed by atoms with Gasteiger partial charge in [-0.15, -0.1) is 0 Å². The fourth-order valence-corrected chi connectivity index (χ4v) is 1.20. The summed E-state index contributed by atoms with van der Waals surface area (Å²) in [5.41, 5.74) is 7.60. The Labute approximate surface area is 82.9 Å². The summed E-state index contributed by atoms with van der Waals surface area (Å²) in [6.45, 7) is 1.32. The van der Waals surface area contributed by atoms with E-state index in [0.29, 0.717) is 0 Å². The number of hydrogen-bond acceptors (Lipinski definition) is 2. The van der Waals surface area contributed by atoms with Crippen molar-refractivity contribution < 1.29 is 9.59 Å². The molecule has 2 aliphatic rings. The van der Waals surface area contributed by atoms with Gasteiger partial charge < -0.3 is 5.73 Å². The van der Waals surface area contributed by atoms with E-state index in [4.69, 9.17) is 0 Å². The molecule has 0 saturated heterocycles. The number of fused-ring (bicyclic) bond motifs is 2. The molecule has 0 fully saturated rings. The topological polar surface area (TPSA) is 60.2 Å². The summed E-state index contributed by atoms with van der Waals surface area (Å²) >= 11 is 0. The van der Waals surface area contributed by atoms with E-state index in [9.17, 15) is 9.59 Å². The summed E-state index contributed by atoms with van der Waals surface area (Å²) in [5, 5.41) is 0. The highest BCUT2D eigenvalue weighted by atomic mass is 16.2. The number of carbonyl (C=O) groups is 2. The number of hydrogen-bond donors (Lipinski definition) is 1. The molecule has 2 bridgehead atoms. The molecule has 74 valence electrons. The van der Waals surface area contributed by atoms with Crippen LogP contribution in [0.5, 0.6) is 0 Å². The molecule has 1 amide bonds. The number of nitrogens with two attached hydrogens (primary N) is 1. The first kappa shape index (κ1) is 10.4. The largest absolute Gasteiger partial charge is 0.369 e. The quantitative estimate of drug-likeness (QED) is 0.721. The SMILES string of the molecule is CC(=O)CC(N)=O.c1cc2cc(c1)C2. The van der Waals surface area contributed by atoms with Gasteiger partial charge in [-0.05, 0) is 24.5 Å². The molecule has 2 aliphatic carbocycles. The lowest BCUT2D eigenvalue weighted by Gasteiger charge is -2.11. The molecule has 0 radical (unpaired) electrons. The molecule has 3 rings (SSSR count). The lowest BCUT2D eigenvalue weighted by Crippen LogP contribution is -2.13. The van der Waals surface area contributed by atoms with Crippen LogP contribution in [0.4, 0.5) is 0 Å². The molecule has 3 nitrogen and oxygen atoms in total. The van der Waals surface area contributed by atoms with E-state index >= 15 is 0 Å². The number of benzene rings is 1. The van der Waals surface area contributed by atoms with Crippen LogP contribution in [0.2, 0.25) is 0 Å². The second-order valence-electron chi connectivity index (χ2n) is 3.34. The van der Waals surface area contributed by atoms with Gasteiger partial charge in [0.15, 0.2) is 0 Å². The molecule has 0 unspecified atom stereocenters. The molecule has 3 heteroatoms. The van der Waals surface area contributed by atoms with E-state index in [1.807, 2.05) is 0 Å². The van der Waals surface area contributed by atoms with Crippen molar-refractivity contribution in [2.24, 2.45) is 5.73 Å². The van der Waals surface area contributed by atoms with Crippen LogP contribution in [-0.4, -0.2) is 11.7 Å². The average Bonchev–Trinajstić information content (AvgIpc) is 2.02. The molecule has 0 spiro atoms. The maximum absolute atomic E-state index is 9.95. The van der Waals surface area contributed by atoms with Crippen molar-refractivity contribution in [3.05, 3.63) is 35.4 Å². The van der Waals surface area contributed by atoms with E-state index < -0.39 is 5.91 Å². The third-order valence-electron chi connectivity index (χ3n) is 1.82. The number of carbonyl (C=O) groups excluding carboxylic acids is 2. The standard InChI is InChI=1S/C7H6.C4H7NO2/c1-2-6-4-7(3-1)5-6;1-3(6)2-4(5)7/h1-4H,5H2;2H2,1H3,(H2,5,7). The molecule has 0 atom stereocenters. The highest BCUT2D eigenvalue weighted by molar-refractivity contribution is 5.95. The summed E-state index contributed by atoms with van der Waals surface area (Å²) in [7, 11) is 0. The molecular weight excluding hydrogens is 178 g/mol. The molecule has 0 saturated carbocycles. The second-order valence-corrected chi connectivity index (χ2v) is 3.34. The van der Waals surface area contributed by atoms with Crippen molar-refractivity contribution in [2.45, 2.75) is 19.8 Å². The zero-order valence-corrected chi connectivity index (χ0v) is 8.12. The molecule has 14 heavy (non-hydrogen) atoms. The summed E-state index contributed by atoms with van der Waals surface area (Å²) < 4.78 is 0. The molecular formula is C11H13NO2. The third kappa shape index (κ3) is 3.39. The van der Waals surface area contributed by atoms with Crippen LogP contribution in [0.3, 0.4) is 0 Å². The number of ketones is 1. The van der Waals surface area contributed by atoms with Crippen LogP contribution in [0.25, 0.3) is 0 Å². The Balaban J connectivity index is 0.000000140. The van der Waals surface area contributed by atoms with Crippen LogP contribution < -0.4 is 5.73 Å². The lowest BCUT2D eigenvalue weighted by atomic mass is 9.94. The Kier molecular flexibility index (Phi) is 3.40. The molecule has 0 aliphatic heterocycles. The van der Waals surface area contributed by atoms with Gasteiger partial charge in [0.25, 0.3) is 0 Å². The fraction of sp³-hybridized carbons (Fsp3) is 0.273. The summed E-state index contributed by atoms with van der Waals surface area (Å²) in [6, 6.07) is 8.65. The minimum absolute atomic E-state index is 0.139. The molecule has 2 N–H and O–H groups in total. The van der Waals surface area contributed by atoms with Gasteiger partial charge in [0, 0.05) is 0 Å². The first-order chi connectivity index (χ1) is 6.58. The van der Waals surface area contributed by atoms with Gasteiger partial charge in [-0.25, -0.2) is 0 Å². The van der Waals surface area contributed by atoms with Gasteiger partial charge >= 0.3 is 0 Å². The van der Waals surface area contributed by atoms with E-state index in [0.717, 1.165) is 0 Å². The first-order valence-corrected chi connectivity index (χ1v) is 4.43. The van der Waals surface area contributed by atoms with Crippen LogP contribution >= 0.6 is 0 Å². The van der Waals surface area contributed by atoms with Gasteiger partial charge in [-0.2, -0.15) is 0 Å². The Hall–Kier alpha value is -1.64. The van der Waals surface area contributed by atoms with Gasteiger partial charge in [0.1, 0.15) is 5.78 Å². The lowest BCUT2D eigenvalue weighted by molar-refractivity contribution is -0.125. The van der Waals surface area contributed by atoms with Crippen LogP contribution in [0, 0.1) is 0 Å². The van der Waals surface area contributed by atoms with Crippen LogP contribution in [0.1, 0.15) is 24.5 Å². The van der Waals surface area contributed by atoms with Gasteiger partial charge in [-0.3, -0.25) is 9.59 Å². The van der Waals surface area contributed by atoms with Crippen LogP contribution in [-0.2, 0) is 16.0 Å². The number of Topliss-reactive ketones (excluding diaryl/α,β-unsaturated/α-hetero) is 1. The first-order valence-electron chi connectivity index (χ1n) is 4.43. The zero-order chi connectivity index (χ0) is 10.6. The predicted octanol–water partition coefficient (Wildman–Crippen LogP) is 1.04. The van der Waals surface area contributed by atoms with Crippen molar-refractivity contribution in [1.29, 1.82) is 0 Å². The molecule has 0 aromatic heterocycles. The summed E-state index contributed by atoms with van der Waals surface area (Å²) in [6.07, 6.45) is 1.08. The Bertz CT molecular complexity index is 321. The zero-order valence-electron chi connectivity index (χ0n) is 8.12. The molecule has 1 aromatic carbocycles. The third-order valence-corrected chi connectivity index (χ3v) is 1.82. The average molecular weight is 191 g/mol. The van der Waals surface area contributed by atoms with Crippen molar-refractivity contribution >= 4 is 11.7 Å². The van der Waals surface area contributed by atoms with E-state index in [1.54, 1.807) is 0 Å². The van der Waals surface area contributed by atoms with Crippen molar-refractivity contribution in [2.75, 3.05) is 0 Å². The minimum Gasteiger partial charge on any atom is -0.369 e. The summed E-state index contributed by atoms with van der Waals surface area (Å²) in [4.78, 5) is 19.8. The Morgan fingerprint density at radius 1 is 1.36 bits per heavy atom. The molecule has 0 heterocycles. The molecule has 1 aromatic rings. The van der Waals surface area contributed by atoms with Crippen LogP contribution in [0.15, 0.2) is 24.3 Å². The van der Waals surface area contributed by atoms with E-state index in [2.05, 4.69) is 30.0 Å². The normalized spacial score (nSPS) is 10.6. The number of amides is 1. The van der Waals surface area contributed by atoms with Gasteiger partial charge in [0.2, 0.25) is 5.91 Å². The Morgan fingerprint density at radius 2 is 1.86 bits per heavy atom. The van der Waals surface area contributed by atoms with Gasteiger partial charge in [0.05, 0.1) is 6.42 Å². The second kappa shape index (κ2) is 4.56. The highest BCUT2D eigenvalue weighted by Gasteiger charge is 2.04. The maximum Gasteiger partial charge on any atom is 0.224 e. The van der Waals surface area contributed by atoms with Crippen molar-refractivity contribution in [3.8, 4) is 0 Å². The Morgan fingerprint density at radius 3 is 1.93 bits per heavy atom. The predicted molar refractivity (Wildman–Crippen MR) is 53.7 cm³/mol.